The normalized spacial score (nSPS) is 17.4. The predicted molar refractivity (Wildman–Crippen MR) is 143 cm³/mol. The number of hydrogen-bond donors (Lipinski definition) is 4. The highest BCUT2D eigenvalue weighted by Gasteiger charge is 2.25. The van der Waals surface area contributed by atoms with Gasteiger partial charge in [0.05, 0.1) is 18.2 Å². The Hall–Kier alpha value is -4.18. The lowest BCUT2D eigenvalue weighted by Crippen LogP contribution is -2.47. The number of halogens is 1. The molecule has 37 heavy (non-hydrogen) atoms. The van der Waals surface area contributed by atoms with Crippen LogP contribution in [0.15, 0.2) is 79.5 Å². The molecule has 1 amide bonds. The maximum absolute atomic E-state index is 15.1. The second-order valence-corrected chi connectivity index (χ2v) is 8.66. The first kappa shape index (κ1) is 24.5. The van der Waals surface area contributed by atoms with Crippen molar-refractivity contribution in [2.75, 3.05) is 30.3 Å². The number of ether oxygens (including phenoxy) is 1. The Balaban J connectivity index is 1.44. The molecule has 9 heteroatoms. The monoisotopic (exact) mass is 498 g/mol. The minimum atomic E-state index is -0.427. The molecule has 5 rings (SSSR count). The first-order chi connectivity index (χ1) is 18.1. The van der Waals surface area contributed by atoms with Crippen LogP contribution in [-0.2, 0) is 9.53 Å². The van der Waals surface area contributed by atoms with Gasteiger partial charge in [0.1, 0.15) is 5.82 Å². The number of morpholine rings is 1. The van der Waals surface area contributed by atoms with Gasteiger partial charge in [0, 0.05) is 47.7 Å². The summed E-state index contributed by atoms with van der Waals surface area (Å²) in [7, 11) is 0. The minimum absolute atomic E-state index is 0.0632. The number of hydrogen-bond acceptors (Lipinski definition) is 7. The number of nitrogens with two attached hydrogens (primary N) is 1. The third-order valence-electron chi connectivity index (χ3n) is 6.23. The molecule has 188 valence electrons. The molecule has 0 bridgehead atoms. The lowest BCUT2D eigenvalue weighted by atomic mass is 10.0. The summed E-state index contributed by atoms with van der Waals surface area (Å²) in [5.41, 5.74) is 9.58. The Morgan fingerprint density at radius 1 is 1.19 bits per heavy atom. The van der Waals surface area contributed by atoms with Crippen molar-refractivity contribution in [2.24, 2.45) is 5.73 Å². The van der Waals surface area contributed by atoms with Crippen molar-refractivity contribution < 1.29 is 13.9 Å². The number of nitrogens with zero attached hydrogens (tertiary/aromatic N) is 2. The van der Waals surface area contributed by atoms with Gasteiger partial charge in [-0.3, -0.25) is 4.79 Å². The molecule has 1 aliphatic heterocycles. The summed E-state index contributed by atoms with van der Waals surface area (Å²) in [6.45, 7) is 5.37. The van der Waals surface area contributed by atoms with Crippen molar-refractivity contribution >= 4 is 34.1 Å². The zero-order valence-corrected chi connectivity index (χ0v) is 20.1. The second kappa shape index (κ2) is 10.8. The molecule has 1 aliphatic rings. The smallest absolute Gasteiger partial charge is 0.247 e. The van der Waals surface area contributed by atoms with E-state index in [-0.39, 0.29) is 18.1 Å². The molecule has 5 N–H and O–H groups in total. The summed E-state index contributed by atoms with van der Waals surface area (Å²) in [5, 5.41) is 9.98. The Labute approximate surface area is 213 Å². The molecule has 4 aromatic rings. The molecule has 8 nitrogen and oxygen atoms in total. The SMILES string of the molecule is C=CC(=O)Nc1cccc(-c2c(F)ccc3cnc(Nc4ccc([C@H]5OCCNC5CN)cc4)nc23)c1. The lowest BCUT2D eigenvalue weighted by Gasteiger charge is -2.32. The number of carbonyl (C=O) groups excluding carboxylic acids is 1. The molecule has 2 atom stereocenters. The third kappa shape index (κ3) is 5.34. The number of fused-ring (bicyclic) bond motifs is 1. The van der Waals surface area contributed by atoms with Crippen molar-refractivity contribution in [1.82, 2.24) is 15.3 Å². The van der Waals surface area contributed by atoms with Crippen LogP contribution in [0, 0.1) is 5.82 Å². The fourth-order valence-electron chi connectivity index (χ4n) is 4.43. The first-order valence-electron chi connectivity index (χ1n) is 12.0. The van der Waals surface area contributed by atoms with Gasteiger partial charge in [0.15, 0.2) is 0 Å². The van der Waals surface area contributed by atoms with Gasteiger partial charge in [-0.1, -0.05) is 30.8 Å². The van der Waals surface area contributed by atoms with Crippen LogP contribution in [-0.4, -0.2) is 41.6 Å². The average Bonchev–Trinajstić information content (AvgIpc) is 2.93. The van der Waals surface area contributed by atoms with Gasteiger partial charge in [-0.2, -0.15) is 0 Å². The largest absolute Gasteiger partial charge is 0.371 e. The molecule has 3 aromatic carbocycles. The summed E-state index contributed by atoms with van der Waals surface area (Å²) in [5.74, 6) is -0.442. The van der Waals surface area contributed by atoms with Gasteiger partial charge in [-0.15, -0.1) is 0 Å². The first-order valence-corrected chi connectivity index (χ1v) is 12.0. The van der Waals surface area contributed by atoms with E-state index >= 15 is 4.39 Å². The van der Waals surface area contributed by atoms with Crippen molar-refractivity contribution in [3.63, 3.8) is 0 Å². The van der Waals surface area contributed by atoms with E-state index in [1.54, 1.807) is 36.5 Å². The summed E-state index contributed by atoms with van der Waals surface area (Å²) < 4.78 is 21.0. The van der Waals surface area contributed by atoms with E-state index in [0.29, 0.717) is 46.8 Å². The van der Waals surface area contributed by atoms with Crippen LogP contribution < -0.4 is 21.7 Å². The molecule has 0 aliphatic carbocycles. The summed E-state index contributed by atoms with van der Waals surface area (Å²) in [6.07, 6.45) is 2.72. The highest BCUT2D eigenvalue weighted by molar-refractivity contribution is 6.00. The lowest BCUT2D eigenvalue weighted by molar-refractivity contribution is -0.111. The fraction of sp³-hybridized carbons (Fsp3) is 0.179. The van der Waals surface area contributed by atoms with Gasteiger partial charge in [-0.25, -0.2) is 14.4 Å². The van der Waals surface area contributed by atoms with Crippen LogP contribution in [0.5, 0.6) is 0 Å². The van der Waals surface area contributed by atoms with Crippen LogP contribution >= 0.6 is 0 Å². The van der Waals surface area contributed by atoms with E-state index in [1.165, 1.54) is 12.1 Å². The van der Waals surface area contributed by atoms with Crippen LogP contribution in [0.4, 0.5) is 21.7 Å². The van der Waals surface area contributed by atoms with E-state index in [1.807, 2.05) is 24.3 Å². The number of rotatable bonds is 7. The van der Waals surface area contributed by atoms with Gasteiger partial charge >= 0.3 is 0 Å². The molecular weight excluding hydrogens is 471 g/mol. The van der Waals surface area contributed by atoms with Gasteiger partial charge < -0.3 is 26.4 Å². The van der Waals surface area contributed by atoms with Gasteiger partial charge in [0.25, 0.3) is 0 Å². The van der Waals surface area contributed by atoms with Crippen LogP contribution in [0.1, 0.15) is 11.7 Å². The van der Waals surface area contributed by atoms with E-state index in [2.05, 4.69) is 32.5 Å². The Kier molecular flexibility index (Phi) is 7.18. The zero-order chi connectivity index (χ0) is 25.8. The topological polar surface area (TPSA) is 114 Å². The number of aromatic nitrogens is 2. The molecule has 1 saturated heterocycles. The Morgan fingerprint density at radius 3 is 2.81 bits per heavy atom. The zero-order valence-electron chi connectivity index (χ0n) is 20.1. The Morgan fingerprint density at radius 2 is 2.03 bits per heavy atom. The van der Waals surface area contributed by atoms with Gasteiger partial charge in [-0.05, 0) is 53.6 Å². The summed E-state index contributed by atoms with van der Waals surface area (Å²) in [4.78, 5) is 20.8. The highest BCUT2D eigenvalue weighted by atomic mass is 19.1. The predicted octanol–water partition coefficient (Wildman–Crippen LogP) is 4.29. The van der Waals surface area contributed by atoms with Gasteiger partial charge in [0.2, 0.25) is 11.9 Å². The molecular formula is C28H27FN6O2. The summed E-state index contributed by atoms with van der Waals surface area (Å²) in [6, 6.07) is 17.8. The van der Waals surface area contributed by atoms with E-state index < -0.39 is 5.82 Å². The molecule has 0 saturated carbocycles. The van der Waals surface area contributed by atoms with Crippen molar-refractivity contribution in [2.45, 2.75) is 12.1 Å². The van der Waals surface area contributed by atoms with Crippen LogP contribution in [0.25, 0.3) is 22.0 Å². The number of nitrogens with one attached hydrogen (secondary N) is 3. The number of carbonyl (C=O) groups is 1. The van der Waals surface area contributed by atoms with E-state index in [4.69, 9.17) is 10.5 Å². The van der Waals surface area contributed by atoms with Crippen LogP contribution in [0.2, 0.25) is 0 Å². The number of amides is 1. The average molecular weight is 499 g/mol. The standard InChI is InChI=1S/C28H27FN6O2/c1-2-24(36)33-21-5-3-4-18(14-21)25-22(29)11-8-19-16-32-28(35-26(19)25)34-20-9-6-17(7-10-20)27-23(15-30)31-12-13-37-27/h2-11,14,16,23,27,31H,1,12-13,15,30H2,(H,33,36)(H,32,34,35)/t23?,27-/m1/s1. The molecule has 0 radical (unpaired) electrons. The number of anilines is 3. The van der Waals surface area contributed by atoms with Crippen molar-refractivity contribution in [1.29, 1.82) is 0 Å². The van der Waals surface area contributed by atoms with Crippen LogP contribution in [0.3, 0.4) is 0 Å². The van der Waals surface area contributed by atoms with E-state index in [9.17, 15) is 4.79 Å². The van der Waals surface area contributed by atoms with E-state index in [0.717, 1.165) is 17.8 Å². The van der Waals surface area contributed by atoms with Crippen molar-refractivity contribution in [3.8, 4) is 11.1 Å². The molecule has 1 fully saturated rings. The molecule has 0 spiro atoms. The molecule has 1 unspecified atom stereocenters. The highest BCUT2D eigenvalue weighted by Crippen LogP contribution is 2.32. The fourth-order valence-corrected chi connectivity index (χ4v) is 4.43. The van der Waals surface area contributed by atoms with Crippen molar-refractivity contribution in [3.05, 3.63) is 90.9 Å². The Bertz CT molecular complexity index is 1440. The minimum Gasteiger partial charge on any atom is -0.371 e. The molecule has 1 aromatic heterocycles. The third-order valence-corrected chi connectivity index (χ3v) is 6.23. The second-order valence-electron chi connectivity index (χ2n) is 8.66. The summed E-state index contributed by atoms with van der Waals surface area (Å²) >= 11 is 0. The number of benzene rings is 3. The maximum atomic E-state index is 15.1. The quantitative estimate of drug-likeness (QED) is 0.281. The molecule has 2 heterocycles. The maximum Gasteiger partial charge on any atom is 0.247 e.